The van der Waals surface area contributed by atoms with Gasteiger partial charge in [0.05, 0.1) is 10.1 Å². The molecular formula is C21H19N3OS2. The smallest absolute Gasteiger partial charge is 0.258 e. The Bertz CT molecular complexity index is 910. The number of carbonyl (C=O) groups excluding carboxylic acids is 1. The van der Waals surface area contributed by atoms with E-state index in [9.17, 15) is 4.79 Å². The molecule has 0 spiro atoms. The van der Waals surface area contributed by atoms with Gasteiger partial charge >= 0.3 is 0 Å². The normalized spacial score (nSPS) is 14.7. The molecule has 1 aliphatic heterocycles. The molecule has 6 heteroatoms. The minimum Gasteiger partial charge on any atom is -0.322 e. The van der Waals surface area contributed by atoms with E-state index in [1.54, 1.807) is 12.4 Å². The Balaban J connectivity index is 1.46. The Labute approximate surface area is 167 Å². The summed E-state index contributed by atoms with van der Waals surface area (Å²) in [5, 5.41) is 2.96. The van der Waals surface area contributed by atoms with E-state index in [0.29, 0.717) is 16.0 Å². The summed E-state index contributed by atoms with van der Waals surface area (Å²) >= 11 is 3.94. The number of nitrogens with one attached hydrogen (secondary N) is 1. The zero-order valence-electron chi connectivity index (χ0n) is 14.7. The zero-order chi connectivity index (χ0) is 18.5. The molecule has 0 aliphatic carbocycles. The van der Waals surface area contributed by atoms with Gasteiger partial charge in [0.1, 0.15) is 0 Å². The van der Waals surface area contributed by atoms with E-state index < -0.39 is 0 Å². The fourth-order valence-electron chi connectivity index (χ4n) is 2.83. The number of amides is 1. The van der Waals surface area contributed by atoms with Crippen molar-refractivity contribution in [1.82, 2.24) is 9.97 Å². The second-order valence-electron chi connectivity index (χ2n) is 6.17. The molecule has 0 atom stereocenters. The molecule has 1 N–H and O–H groups in total. The van der Waals surface area contributed by atoms with Gasteiger partial charge in [-0.05, 0) is 35.6 Å². The lowest BCUT2D eigenvalue weighted by Crippen LogP contribution is -2.13. The molecule has 1 amide bonds. The van der Waals surface area contributed by atoms with Crippen molar-refractivity contribution < 1.29 is 4.79 Å². The molecule has 136 valence electrons. The Kier molecular flexibility index (Phi) is 5.75. The minimum absolute atomic E-state index is 0.198. The Morgan fingerprint density at radius 2 is 1.70 bits per heavy atom. The number of thioether (sulfide) groups is 2. The highest BCUT2D eigenvalue weighted by molar-refractivity contribution is 8.16. The van der Waals surface area contributed by atoms with Gasteiger partial charge in [-0.25, -0.2) is 9.97 Å². The Morgan fingerprint density at radius 3 is 2.44 bits per heavy atom. The molecule has 1 aromatic heterocycles. The van der Waals surface area contributed by atoms with Crippen molar-refractivity contribution in [3.63, 3.8) is 0 Å². The van der Waals surface area contributed by atoms with Crippen molar-refractivity contribution in [3.05, 3.63) is 78.1 Å². The first-order valence-corrected chi connectivity index (χ1v) is 10.9. The number of nitrogens with zero attached hydrogens (tertiary/aromatic N) is 2. The first-order valence-electron chi connectivity index (χ1n) is 8.81. The topological polar surface area (TPSA) is 54.9 Å². The van der Waals surface area contributed by atoms with Crippen molar-refractivity contribution in [2.75, 3.05) is 16.8 Å². The van der Waals surface area contributed by atoms with Gasteiger partial charge in [0, 0.05) is 23.6 Å². The van der Waals surface area contributed by atoms with Crippen LogP contribution in [0, 0.1) is 0 Å². The van der Waals surface area contributed by atoms with Gasteiger partial charge in [0.15, 0.2) is 5.82 Å². The first-order chi connectivity index (χ1) is 13.3. The summed E-state index contributed by atoms with van der Waals surface area (Å²) in [5.74, 6) is 2.80. The molecule has 1 fully saturated rings. The molecule has 4 nitrogen and oxygen atoms in total. The predicted octanol–water partition coefficient (Wildman–Crippen LogP) is 5.26. The monoisotopic (exact) mass is 393 g/mol. The van der Waals surface area contributed by atoms with Crippen molar-refractivity contribution in [1.29, 1.82) is 0 Å². The second kappa shape index (κ2) is 8.59. The summed E-state index contributed by atoms with van der Waals surface area (Å²) in [4.78, 5) is 21.2. The van der Waals surface area contributed by atoms with Crippen molar-refractivity contribution in [3.8, 4) is 11.4 Å². The number of carbonyl (C=O) groups is 1. The lowest BCUT2D eigenvalue weighted by atomic mass is 10.2. The number of hydrogen-bond donors (Lipinski definition) is 1. The third-order valence-corrected chi connectivity index (χ3v) is 7.20. The van der Waals surface area contributed by atoms with Crippen LogP contribution in [-0.2, 0) is 0 Å². The lowest BCUT2D eigenvalue weighted by molar-refractivity contribution is 0.102. The van der Waals surface area contributed by atoms with Crippen LogP contribution in [-0.4, -0.2) is 27.4 Å². The molecule has 0 bridgehead atoms. The molecule has 0 radical (unpaired) electrons. The van der Waals surface area contributed by atoms with Crippen LogP contribution in [0.5, 0.6) is 0 Å². The van der Waals surface area contributed by atoms with E-state index in [1.165, 1.54) is 23.5 Å². The van der Waals surface area contributed by atoms with Gasteiger partial charge in [-0.3, -0.25) is 4.79 Å². The molecule has 1 saturated heterocycles. The van der Waals surface area contributed by atoms with Gasteiger partial charge in [-0.15, -0.1) is 23.5 Å². The molecule has 1 aliphatic rings. The third-order valence-electron chi connectivity index (χ3n) is 4.19. The van der Waals surface area contributed by atoms with E-state index >= 15 is 0 Å². The second-order valence-corrected chi connectivity index (χ2v) is 8.89. The highest BCUT2D eigenvalue weighted by atomic mass is 32.2. The van der Waals surface area contributed by atoms with Crippen molar-refractivity contribution >= 4 is 35.1 Å². The zero-order valence-corrected chi connectivity index (χ0v) is 16.3. The number of rotatable bonds is 4. The average molecular weight is 394 g/mol. The number of anilines is 1. The van der Waals surface area contributed by atoms with Gasteiger partial charge in [-0.1, -0.05) is 42.5 Å². The van der Waals surface area contributed by atoms with Crippen LogP contribution in [0.4, 0.5) is 5.69 Å². The van der Waals surface area contributed by atoms with Crippen LogP contribution in [0.15, 0.2) is 67.0 Å². The summed E-state index contributed by atoms with van der Waals surface area (Å²) in [6, 6.07) is 17.8. The summed E-state index contributed by atoms with van der Waals surface area (Å²) < 4.78 is 0.448. The van der Waals surface area contributed by atoms with Crippen LogP contribution >= 0.6 is 23.5 Å². The average Bonchev–Trinajstić information content (AvgIpc) is 2.75. The quantitative estimate of drug-likeness (QED) is 0.655. The molecule has 4 rings (SSSR count). The Hall–Kier alpha value is -2.31. The van der Waals surface area contributed by atoms with Crippen LogP contribution in [0.2, 0.25) is 0 Å². The maximum Gasteiger partial charge on any atom is 0.258 e. The van der Waals surface area contributed by atoms with E-state index in [0.717, 1.165) is 11.3 Å². The van der Waals surface area contributed by atoms with E-state index in [4.69, 9.17) is 0 Å². The van der Waals surface area contributed by atoms with E-state index in [2.05, 4.69) is 27.4 Å². The summed E-state index contributed by atoms with van der Waals surface area (Å²) in [7, 11) is 0. The van der Waals surface area contributed by atoms with Crippen molar-refractivity contribution in [2.45, 2.75) is 11.0 Å². The Morgan fingerprint density at radius 1 is 0.963 bits per heavy atom. The first kappa shape index (κ1) is 18.1. The standard InChI is InChI=1S/C21H19N3OS2/c25-20(17-13-22-19(23-14-17)15-6-2-1-3-7-15)24-18-9-4-8-16(12-18)21-26-10-5-11-27-21/h1-4,6-9,12-14,21H,5,10-11H2,(H,24,25). The van der Waals surface area contributed by atoms with Gasteiger partial charge in [0.2, 0.25) is 0 Å². The molecule has 2 heterocycles. The number of benzene rings is 2. The van der Waals surface area contributed by atoms with E-state index in [-0.39, 0.29) is 5.91 Å². The summed E-state index contributed by atoms with van der Waals surface area (Å²) in [6.07, 6.45) is 4.41. The van der Waals surface area contributed by atoms with Crippen molar-refractivity contribution in [2.24, 2.45) is 0 Å². The largest absolute Gasteiger partial charge is 0.322 e. The minimum atomic E-state index is -0.198. The summed E-state index contributed by atoms with van der Waals surface area (Å²) in [5.41, 5.74) is 3.43. The third kappa shape index (κ3) is 4.51. The highest BCUT2D eigenvalue weighted by Gasteiger charge is 2.17. The predicted molar refractivity (Wildman–Crippen MR) is 114 cm³/mol. The molecule has 3 aromatic rings. The molecule has 0 unspecified atom stereocenters. The van der Waals surface area contributed by atoms with Gasteiger partial charge in [-0.2, -0.15) is 0 Å². The lowest BCUT2D eigenvalue weighted by Gasteiger charge is -2.21. The maximum atomic E-state index is 12.5. The van der Waals surface area contributed by atoms with Crippen LogP contribution < -0.4 is 5.32 Å². The highest BCUT2D eigenvalue weighted by Crippen LogP contribution is 2.44. The van der Waals surface area contributed by atoms with Crippen LogP contribution in [0.1, 0.15) is 26.9 Å². The van der Waals surface area contributed by atoms with E-state index in [1.807, 2.05) is 66.0 Å². The molecule has 27 heavy (non-hydrogen) atoms. The molecule has 0 saturated carbocycles. The molecule has 2 aromatic carbocycles. The SMILES string of the molecule is O=C(Nc1cccc(C2SCCCS2)c1)c1cnc(-c2ccccc2)nc1. The summed E-state index contributed by atoms with van der Waals surface area (Å²) in [6.45, 7) is 0. The maximum absolute atomic E-state index is 12.5. The van der Waals surface area contributed by atoms with Gasteiger partial charge in [0.25, 0.3) is 5.91 Å². The fraction of sp³-hybridized carbons (Fsp3) is 0.190. The number of aromatic nitrogens is 2. The van der Waals surface area contributed by atoms with Crippen LogP contribution in [0.3, 0.4) is 0 Å². The van der Waals surface area contributed by atoms with Gasteiger partial charge < -0.3 is 5.32 Å². The fourth-order valence-corrected chi connectivity index (χ4v) is 5.70. The molecular weight excluding hydrogens is 374 g/mol. The number of hydrogen-bond acceptors (Lipinski definition) is 5. The van der Waals surface area contributed by atoms with Crippen LogP contribution in [0.25, 0.3) is 11.4 Å².